The summed E-state index contributed by atoms with van der Waals surface area (Å²) < 4.78 is 0. The Labute approximate surface area is 190 Å². The first kappa shape index (κ1) is 25.0. The summed E-state index contributed by atoms with van der Waals surface area (Å²) in [6.45, 7) is 6.02. The molecule has 2 N–H and O–H groups in total. The molecule has 1 fully saturated rings. The van der Waals surface area contributed by atoms with Gasteiger partial charge in [-0.15, -0.1) is 0 Å². The second kappa shape index (κ2) is 13.2. The van der Waals surface area contributed by atoms with Crippen LogP contribution in [0.1, 0.15) is 94.3 Å². The molecule has 149 valence electrons. The molecule has 0 saturated heterocycles. The van der Waals surface area contributed by atoms with Gasteiger partial charge in [0.1, 0.15) is 5.78 Å². The van der Waals surface area contributed by atoms with Gasteiger partial charge >= 0.3 is 0 Å². The van der Waals surface area contributed by atoms with E-state index < -0.39 is 12.2 Å². The van der Waals surface area contributed by atoms with Crippen molar-refractivity contribution in [2.24, 2.45) is 5.92 Å². The second-order valence-corrected chi connectivity index (χ2v) is 7.75. The standard InChI is InChI=1S/C23H35O3.Y/c1-3-5-7-9-10-19-21(25)16-22(26)23(19)18-14-12-17(13-15-18)20(24)11-8-6-4-2;/h12-15,19-20,22-24,26H,1,3-11,16H2,2H3;/q-1;/t19-,20?,22+,23+;/m0./s1. The zero-order valence-corrected chi connectivity index (χ0v) is 19.6. The minimum atomic E-state index is -0.583. The molecule has 0 bridgehead atoms. The molecule has 0 aliphatic heterocycles. The monoisotopic (exact) mass is 448 g/mol. The number of aliphatic hydroxyl groups is 2. The second-order valence-electron chi connectivity index (χ2n) is 7.75. The first-order valence-corrected chi connectivity index (χ1v) is 10.4. The smallest absolute Gasteiger partial charge is 0.139 e. The number of aliphatic hydroxyl groups excluding tert-OH is 2. The van der Waals surface area contributed by atoms with E-state index in [1.54, 1.807) is 0 Å². The van der Waals surface area contributed by atoms with Gasteiger partial charge in [-0.25, -0.2) is 0 Å². The number of unbranched alkanes of at least 4 members (excludes halogenated alkanes) is 5. The van der Waals surface area contributed by atoms with E-state index in [1.165, 1.54) is 0 Å². The Bertz CT molecular complexity index is 543. The Morgan fingerprint density at radius 3 is 2.44 bits per heavy atom. The molecule has 0 aromatic heterocycles. The maximum atomic E-state index is 12.3. The molecular formula is C23H35O3Y-. The minimum Gasteiger partial charge on any atom is -0.392 e. The normalized spacial score (nSPS) is 23.3. The molecule has 2 rings (SSSR count). The number of rotatable bonds is 11. The topological polar surface area (TPSA) is 57.5 Å². The van der Waals surface area contributed by atoms with Crippen LogP contribution >= 0.6 is 0 Å². The molecule has 0 amide bonds. The molecule has 1 aromatic carbocycles. The Morgan fingerprint density at radius 1 is 1.11 bits per heavy atom. The van der Waals surface area contributed by atoms with Crippen molar-refractivity contribution in [2.45, 2.75) is 89.3 Å². The van der Waals surface area contributed by atoms with Gasteiger partial charge in [-0.3, -0.25) is 4.79 Å². The molecule has 0 heterocycles. The van der Waals surface area contributed by atoms with Gasteiger partial charge in [0.25, 0.3) is 0 Å². The van der Waals surface area contributed by atoms with Crippen LogP contribution in [0.3, 0.4) is 0 Å². The van der Waals surface area contributed by atoms with E-state index >= 15 is 0 Å². The molecule has 4 atom stereocenters. The fraction of sp³-hybridized carbons (Fsp3) is 0.652. The van der Waals surface area contributed by atoms with E-state index in [-0.39, 0.29) is 56.7 Å². The number of carbonyl (C=O) groups excluding carboxylic acids is 1. The number of Topliss-reactive ketones (excluding diaryl/α,β-unsaturated/α-hetero) is 1. The maximum Gasteiger partial charge on any atom is 0.139 e. The van der Waals surface area contributed by atoms with Crippen LogP contribution in [0, 0.1) is 12.8 Å². The zero-order valence-electron chi connectivity index (χ0n) is 16.8. The van der Waals surface area contributed by atoms with E-state index in [4.69, 9.17) is 0 Å². The van der Waals surface area contributed by atoms with Crippen molar-refractivity contribution in [3.63, 3.8) is 0 Å². The van der Waals surface area contributed by atoms with Crippen molar-refractivity contribution in [3.8, 4) is 0 Å². The number of carbonyl (C=O) groups is 1. The summed E-state index contributed by atoms with van der Waals surface area (Å²) in [6, 6.07) is 7.91. The van der Waals surface area contributed by atoms with Crippen LogP contribution in [0.4, 0.5) is 0 Å². The van der Waals surface area contributed by atoms with Crippen LogP contribution < -0.4 is 0 Å². The average Bonchev–Trinajstić information content (AvgIpc) is 2.92. The average molecular weight is 448 g/mol. The zero-order chi connectivity index (χ0) is 18.9. The summed E-state index contributed by atoms with van der Waals surface area (Å²) in [5.41, 5.74) is 1.95. The Morgan fingerprint density at radius 2 is 1.81 bits per heavy atom. The fourth-order valence-corrected chi connectivity index (χ4v) is 4.16. The maximum absolute atomic E-state index is 12.3. The van der Waals surface area contributed by atoms with E-state index in [9.17, 15) is 15.0 Å². The minimum absolute atomic E-state index is 0. The van der Waals surface area contributed by atoms with Gasteiger partial charge < -0.3 is 17.1 Å². The molecule has 1 aliphatic rings. The molecule has 3 nitrogen and oxygen atoms in total. The fourth-order valence-electron chi connectivity index (χ4n) is 4.16. The third-order valence-electron chi connectivity index (χ3n) is 5.72. The van der Waals surface area contributed by atoms with Crippen molar-refractivity contribution >= 4 is 5.78 Å². The van der Waals surface area contributed by atoms with E-state index in [0.717, 1.165) is 68.9 Å². The Balaban J connectivity index is 0.00000364. The van der Waals surface area contributed by atoms with Crippen LogP contribution in [0.25, 0.3) is 0 Å². The van der Waals surface area contributed by atoms with Crippen LogP contribution in [0.15, 0.2) is 24.3 Å². The van der Waals surface area contributed by atoms with Crippen molar-refractivity contribution in [1.82, 2.24) is 0 Å². The van der Waals surface area contributed by atoms with E-state index in [0.29, 0.717) is 0 Å². The first-order chi connectivity index (χ1) is 12.6. The molecule has 0 spiro atoms. The summed E-state index contributed by atoms with van der Waals surface area (Å²) in [5.74, 6) is 0.0180. The number of ketones is 1. The molecule has 27 heavy (non-hydrogen) atoms. The number of hydrogen-bond acceptors (Lipinski definition) is 3. The molecule has 1 radical (unpaired) electrons. The summed E-state index contributed by atoms with van der Waals surface area (Å²) in [5, 5.41) is 20.7. The van der Waals surface area contributed by atoms with Crippen molar-refractivity contribution in [1.29, 1.82) is 0 Å². The predicted molar refractivity (Wildman–Crippen MR) is 106 cm³/mol. The largest absolute Gasteiger partial charge is 0.392 e. The van der Waals surface area contributed by atoms with Crippen molar-refractivity contribution in [2.75, 3.05) is 0 Å². The van der Waals surface area contributed by atoms with Gasteiger partial charge in [0.15, 0.2) is 0 Å². The third kappa shape index (κ3) is 7.35. The van der Waals surface area contributed by atoms with Gasteiger partial charge in [0.2, 0.25) is 0 Å². The van der Waals surface area contributed by atoms with Crippen LogP contribution in [0.2, 0.25) is 0 Å². The third-order valence-corrected chi connectivity index (χ3v) is 5.72. The van der Waals surface area contributed by atoms with Crippen molar-refractivity contribution in [3.05, 3.63) is 42.3 Å². The van der Waals surface area contributed by atoms with Gasteiger partial charge in [-0.1, -0.05) is 69.7 Å². The summed E-state index contributed by atoms with van der Waals surface area (Å²) in [6.07, 6.45) is 8.36. The SMILES string of the molecule is [CH2-]CCCCC[C@H]1C(=O)C[C@@H](O)[C@@H]1c1ccc(C(O)CCCCC)cc1.[Y]. The van der Waals surface area contributed by atoms with E-state index in [1.807, 2.05) is 24.3 Å². The van der Waals surface area contributed by atoms with Gasteiger partial charge in [-0.05, 0) is 24.0 Å². The van der Waals surface area contributed by atoms with Crippen LogP contribution in [0.5, 0.6) is 0 Å². The van der Waals surface area contributed by atoms with Gasteiger partial charge in [0, 0.05) is 51.0 Å². The Kier molecular flexibility index (Phi) is 12.2. The molecule has 1 aromatic rings. The summed E-state index contributed by atoms with van der Waals surface area (Å²) in [4.78, 5) is 12.3. The van der Waals surface area contributed by atoms with Gasteiger partial charge in [-0.2, -0.15) is 6.42 Å². The molecule has 1 unspecified atom stereocenters. The molecular weight excluding hydrogens is 413 g/mol. The number of benzene rings is 1. The van der Waals surface area contributed by atoms with Crippen molar-refractivity contribution < 1.29 is 47.7 Å². The van der Waals surface area contributed by atoms with Gasteiger partial charge in [0.05, 0.1) is 12.2 Å². The Hall–Kier alpha value is -0.0861. The van der Waals surface area contributed by atoms with Crippen LogP contribution in [-0.2, 0) is 37.5 Å². The summed E-state index contributed by atoms with van der Waals surface area (Å²) in [7, 11) is 0. The quantitative estimate of drug-likeness (QED) is 0.365. The predicted octanol–water partition coefficient (Wildman–Crippen LogP) is 5.12. The first-order valence-electron chi connectivity index (χ1n) is 10.4. The molecule has 4 heteroatoms. The number of hydrogen-bond donors (Lipinski definition) is 2. The van der Waals surface area contributed by atoms with Crippen LogP contribution in [-0.4, -0.2) is 22.1 Å². The summed E-state index contributed by atoms with van der Waals surface area (Å²) >= 11 is 0. The van der Waals surface area contributed by atoms with E-state index in [2.05, 4.69) is 13.8 Å². The molecule has 1 saturated carbocycles. The molecule has 1 aliphatic carbocycles.